The van der Waals surface area contributed by atoms with Crippen LogP contribution in [0.2, 0.25) is 0 Å². The number of benzene rings is 2. The first-order chi connectivity index (χ1) is 10.7. The normalized spacial score (nSPS) is 17.5. The van der Waals surface area contributed by atoms with Crippen LogP contribution in [-0.2, 0) is 0 Å². The fourth-order valence-corrected chi connectivity index (χ4v) is 3.26. The highest BCUT2D eigenvalue weighted by Crippen LogP contribution is 2.16. The molecule has 22 heavy (non-hydrogen) atoms. The molecule has 0 saturated carbocycles. The van der Waals surface area contributed by atoms with E-state index in [9.17, 15) is 5.11 Å². The molecule has 2 N–H and O–H groups in total. The summed E-state index contributed by atoms with van der Waals surface area (Å²) in [6.07, 6.45) is -0.383. The SMILES string of the molecule is O[C@H](C[NH+]1CCN(c2ccccc2)CC1)c1ccc(Br)cc1. The maximum absolute atomic E-state index is 10.4. The predicted molar refractivity (Wildman–Crippen MR) is 93.3 cm³/mol. The first kappa shape index (κ1) is 15.5. The maximum atomic E-state index is 10.4. The molecule has 2 aromatic rings. The summed E-state index contributed by atoms with van der Waals surface area (Å²) in [5.74, 6) is 0. The highest BCUT2D eigenvalue weighted by atomic mass is 79.9. The number of nitrogens with zero attached hydrogens (tertiary/aromatic N) is 1. The molecule has 0 aliphatic carbocycles. The van der Waals surface area contributed by atoms with E-state index in [0.29, 0.717) is 0 Å². The van der Waals surface area contributed by atoms with Gasteiger partial charge in [-0.2, -0.15) is 0 Å². The Bertz CT molecular complexity index is 580. The number of rotatable bonds is 4. The second-order valence-corrected chi connectivity index (χ2v) is 6.76. The Morgan fingerprint density at radius 1 is 1.00 bits per heavy atom. The van der Waals surface area contributed by atoms with E-state index in [0.717, 1.165) is 42.8 Å². The van der Waals surface area contributed by atoms with E-state index < -0.39 is 0 Å². The molecule has 4 heteroatoms. The average molecular weight is 362 g/mol. The molecule has 1 aliphatic heterocycles. The molecule has 0 bridgehead atoms. The Balaban J connectivity index is 1.52. The van der Waals surface area contributed by atoms with Gasteiger partial charge in [-0.25, -0.2) is 0 Å². The van der Waals surface area contributed by atoms with Crippen LogP contribution in [0.4, 0.5) is 5.69 Å². The predicted octanol–water partition coefficient (Wildman–Crippen LogP) is 1.89. The third kappa shape index (κ3) is 3.88. The third-order valence-electron chi connectivity index (χ3n) is 4.33. The third-order valence-corrected chi connectivity index (χ3v) is 4.86. The quantitative estimate of drug-likeness (QED) is 0.870. The van der Waals surface area contributed by atoms with Crippen molar-refractivity contribution < 1.29 is 10.0 Å². The first-order valence-corrected chi connectivity index (χ1v) is 8.59. The number of aliphatic hydroxyl groups excluding tert-OH is 1. The van der Waals surface area contributed by atoms with Crippen LogP contribution in [0.5, 0.6) is 0 Å². The van der Waals surface area contributed by atoms with Crippen LogP contribution < -0.4 is 9.80 Å². The Morgan fingerprint density at radius 3 is 2.27 bits per heavy atom. The number of halogens is 1. The zero-order valence-electron chi connectivity index (χ0n) is 12.6. The van der Waals surface area contributed by atoms with Gasteiger partial charge in [-0.05, 0) is 29.8 Å². The van der Waals surface area contributed by atoms with Crippen molar-refractivity contribution in [1.82, 2.24) is 0 Å². The summed E-state index contributed by atoms with van der Waals surface area (Å²) in [5.41, 5.74) is 2.30. The molecule has 0 radical (unpaired) electrons. The molecular formula is C18H22BrN2O+. The maximum Gasteiger partial charge on any atom is 0.128 e. The number of nitrogens with one attached hydrogen (secondary N) is 1. The summed E-state index contributed by atoms with van der Waals surface area (Å²) < 4.78 is 1.05. The van der Waals surface area contributed by atoms with Crippen LogP contribution in [0, 0.1) is 0 Å². The van der Waals surface area contributed by atoms with Crippen molar-refractivity contribution in [2.75, 3.05) is 37.6 Å². The van der Waals surface area contributed by atoms with Gasteiger partial charge in [0, 0.05) is 10.2 Å². The van der Waals surface area contributed by atoms with E-state index in [1.165, 1.54) is 10.6 Å². The van der Waals surface area contributed by atoms with Crippen LogP contribution >= 0.6 is 15.9 Å². The van der Waals surface area contributed by atoms with Crippen LogP contribution in [0.1, 0.15) is 11.7 Å². The van der Waals surface area contributed by atoms with Crippen molar-refractivity contribution in [3.8, 4) is 0 Å². The fraction of sp³-hybridized carbons (Fsp3) is 0.333. The smallest absolute Gasteiger partial charge is 0.128 e. The molecule has 0 unspecified atom stereocenters. The van der Waals surface area contributed by atoms with Crippen molar-refractivity contribution in [2.45, 2.75) is 6.10 Å². The van der Waals surface area contributed by atoms with E-state index in [4.69, 9.17) is 0 Å². The van der Waals surface area contributed by atoms with Gasteiger partial charge in [0.05, 0.1) is 26.2 Å². The minimum absolute atomic E-state index is 0.383. The molecule has 1 atom stereocenters. The number of quaternary nitrogens is 1. The topological polar surface area (TPSA) is 27.9 Å². The summed E-state index contributed by atoms with van der Waals surface area (Å²) >= 11 is 3.43. The summed E-state index contributed by atoms with van der Waals surface area (Å²) in [7, 11) is 0. The van der Waals surface area contributed by atoms with E-state index >= 15 is 0 Å². The van der Waals surface area contributed by atoms with Gasteiger partial charge in [0.25, 0.3) is 0 Å². The van der Waals surface area contributed by atoms with Crippen LogP contribution in [-0.4, -0.2) is 37.8 Å². The molecule has 0 aromatic heterocycles. The van der Waals surface area contributed by atoms with Crippen molar-refractivity contribution in [3.63, 3.8) is 0 Å². The second kappa shape index (κ2) is 7.27. The average Bonchev–Trinajstić information content (AvgIpc) is 2.57. The molecule has 116 valence electrons. The van der Waals surface area contributed by atoms with Crippen molar-refractivity contribution in [3.05, 3.63) is 64.6 Å². The zero-order chi connectivity index (χ0) is 15.4. The van der Waals surface area contributed by atoms with Gasteiger partial charge >= 0.3 is 0 Å². The zero-order valence-corrected chi connectivity index (χ0v) is 14.2. The Kier molecular flexibility index (Phi) is 5.13. The molecular weight excluding hydrogens is 340 g/mol. The highest BCUT2D eigenvalue weighted by Gasteiger charge is 2.23. The van der Waals surface area contributed by atoms with Crippen molar-refractivity contribution in [1.29, 1.82) is 0 Å². The van der Waals surface area contributed by atoms with Gasteiger partial charge in [-0.3, -0.25) is 0 Å². The minimum Gasteiger partial charge on any atom is -0.382 e. The number of hydrogen-bond donors (Lipinski definition) is 2. The van der Waals surface area contributed by atoms with Gasteiger partial charge in [0.1, 0.15) is 12.6 Å². The molecule has 1 aliphatic rings. The van der Waals surface area contributed by atoms with Crippen molar-refractivity contribution >= 4 is 21.6 Å². The Labute approximate surface area is 140 Å². The lowest BCUT2D eigenvalue weighted by molar-refractivity contribution is -0.904. The van der Waals surface area contributed by atoms with Crippen LogP contribution in [0.3, 0.4) is 0 Å². The number of aliphatic hydroxyl groups is 1. The largest absolute Gasteiger partial charge is 0.382 e. The van der Waals surface area contributed by atoms with E-state index in [-0.39, 0.29) is 6.10 Å². The lowest BCUT2D eigenvalue weighted by Gasteiger charge is -2.34. The van der Waals surface area contributed by atoms with Crippen LogP contribution in [0.25, 0.3) is 0 Å². The summed E-state index contributed by atoms with van der Waals surface area (Å²) in [6, 6.07) is 18.5. The lowest BCUT2D eigenvalue weighted by Crippen LogP contribution is -3.15. The van der Waals surface area contributed by atoms with E-state index in [1.807, 2.05) is 24.3 Å². The molecule has 3 nitrogen and oxygen atoms in total. The number of piperazine rings is 1. The van der Waals surface area contributed by atoms with E-state index in [2.05, 4.69) is 51.2 Å². The Morgan fingerprint density at radius 2 is 1.64 bits per heavy atom. The van der Waals surface area contributed by atoms with Gasteiger partial charge in [0.15, 0.2) is 0 Å². The van der Waals surface area contributed by atoms with Gasteiger partial charge in [0.2, 0.25) is 0 Å². The summed E-state index contributed by atoms with van der Waals surface area (Å²) in [5, 5.41) is 10.4. The molecule has 0 spiro atoms. The molecule has 1 saturated heterocycles. The second-order valence-electron chi connectivity index (χ2n) is 5.84. The Hall–Kier alpha value is -1.36. The summed E-state index contributed by atoms with van der Waals surface area (Å²) in [6.45, 7) is 5.02. The monoisotopic (exact) mass is 361 g/mol. The number of para-hydroxylation sites is 1. The summed E-state index contributed by atoms with van der Waals surface area (Å²) in [4.78, 5) is 3.90. The van der Waals surface area contributed by atoms with Crippen molar-refractivity contribution in [2.24, 2.45) is 0 Å². The number of anilines is 1. The molecule has 2 aromatic carbocycles. The first-order valence-electron chi connectivity index (χ1n) is 7.79. The molecule has 1 heterocycles. The lowest BCUT2D eigenvalue weighted by atomic mass is 10.1. The van der Waals surface area contributed by atoms with Gasteiger partial charge in [-0.1, -0.05) is 46.3 Å². The minimum atomic E-state index is -0.383. The van der Waals surface area contributed by atoms with Gasteiger partial charge in [-0.15, -0.1) is 0 Å². The molecule has 1 fully saturated rings. The molecule has 3 rings (SSSR count). The standard InChI is InChI=1S/C18H21BrN2O/c19-16-8-6-15(7-9-16)18(22)14-20-10-12-21(13-11-20)17-4-2-1-3-5-17/h1-9,18,22H,10-14H2/p+1/t18-/m1/s1. The number of hydrogen-bond acceptors (Lipinski definition) is 2. The van der Waals surface area contributed by atoms with Gasteiger partial charge < -0.3 is 14.9 Å². The van der Waals surface area contributed by atoms with E-state index in [1.54, 1.807) is 0 Å². The molecule has 0 amide bonds. The fourth-order valence-electron chi connectivity index (χ4n) is 3.00. The highest BCUT2D eigenvalue weighted by molar-refractivity contribution is 9.10. The van der Waals surface area contributed by atoms with Crippen LogP contribution in [0.15, 0.2) is 59.1 Å².